The third-order valence-corrected chi connectivity index (χ3v) is 4.24. The third kappa shape index (κ3) is 3.43. The van der Waals surface area contributed by atoms with E-state index in [-0.39, 0.29) is 17.5 Å². The first-order chi connectivity index (χ1) is 9.82. The van der Waals surface area contributed by atoms with Crippen LogP contribution in [-0.4, -0.2) is 16.7 Å². The average molecular weight is 292 g/mol. The van der Waals surface area contributed by atoms with E-state index in [1.807, 2.05) is 20.8 Å². The van der Waals surface area contributed by atoms with Gasteiger partial charge in [0.25, 0.3) is 0 Å². The number of aliphatic hydroxyl groups is 1. The number of esters is 1. The van der Waals surface area contributed by atoms with Gasteiger partial charge >= 0.3 is 5.97 Å². The van der Waals surface area contributed by atoms with Gasteiger partial charge in [-0.1, -0.05) is 19.9 Å². The largest absolute Gasteiger partial charge is 0.512 e. The van der Waals surface area contributed by atoms with E-state index in [4.69, 9.17) is 4.74 Å². The minimum absolute atomic E-state index is 0.0655. The molecule has 21 heavy (non-hydrogen) atoms. The number of ether oxygens (including phenoxy) is 1. The minimum Gasteiger partial charge on any atom is -0.512 e. The number of rotatable bonds is 4. The first-order valence-electron chi connectivity index (χ1n) is 7.20. The van der Waals surface area contributed by atoms with E-state index in [1.54, 1.807) is 6.07 Å². The van der Waals surface area contributed by atoms with E-state index < -0.39 is 11.6 Å². The zero-order valence-electron chi connectivity index (χ0n) is 12.6. The molecule has 1 aliphatic heterocycles. The number of aliphatic hydroxyl groups excluding tert-OH is 1. The molecule has 1 N–H and O–H groups in total. The smallest absolute Gasteiger partial charge is 0.334 e. The Labute approximate surface area is 124 Å². The molecule has 0 saturated heterocycles. The molecule has 0 bridgehead atoms. The van der Waals surface area contributed by atoms with E-state index in [0.29, 0.717) is 19.3 Å². The summed E-state index contributed by atoms with van der Waals surface area (Å²) in [5, 5.41) is 9.76. The topological polar surface area (TPSA) is 46.5 Å². The third-order valence-electron chi connectivity index (χ3n) is 4.24. The van der Waals surface area contributed by atoms with Gasteiger partial charge in [-0.25, -0.2) is 9.18 Å². The molecule has 1 heterocycles. The lowest BCUT2D eigenvalue weighted by Gasteiger charge is -2.39. The SMILES string of the molecule is Cc1cc(F)ccc1CC[C@@]1(C(C)C)CC(O)=CC(=O)O1. The number of halogens is 1. The standard InChI is InChI=1S/C17H21FO3/c1-11(2)17(10-15(19)9-16(20)21-17)7-6-13-4-5-14(18)8-12(13)3/h4-5,8-9,11,19H,6-7,10H2,1-3H3/t17-/m0/s1. The maximum absolute atomic E-state index is 13.1. The summed E-state index contributed by atoms with van der Waals surface area (Å²) < 4.78 is 18.7. The number of hydrogen-bond donors (Lipinski definition) is 1. The van der Waals surface area contributed by atoms with Gasteiger partial charge in [-0.05, 0) is 48.9 Å². The molecule has 1 aromatic rings. The van der Waals surface area contributed by atoms with Crippen molar-refractivity contribution in [1.29, 1.82) is 0 Å². The van der Waals surface area contributed by atoms with Crippen molar-refractivity contribution >= 4 is 5.97 Å². The lowest BCUT2D eigenvalue weighted by atomic mass is 9.79. The first-order valence-corrected chi connectivity index (χ1v) is 7.20. The molecule has 1 aromatic carbocycles. The molecular formula is C17H21FO3. The summed E-state index contributed by atoms with van der Waals surface area (Å²) in [5.74, 6) is -0.600. The van der Waals surface area contributed by atoms with Gasteiger partial charge in [-0.3, -0.25) is 0 Å². The van der Waals surface area contributed by atoms with E-state index in [9.17, 15) is 14.3 Å². The normalized spacial score (nSPS) is 22.1. The van der Waals surface area contributed by atoms with Crippen LogP contribution in [0.1, 0.15) is 37.8 Å². The minimum atomic E-state index is -0.698. The molecule has 0 radical (unpaired) electrons. The molecule has 2 rings (SSSR count). The van der Waals surface area contributed by atoms with Crippen LogP contribution in [0.15, 0.2) is 30.0 Å². The molecule has 0 aliphatic carbocycles. The second-order valence-corrected chi connectivity index (χ2v) is 6.02. The first kappa shape index (κ1) is 15.5. The van der Waals surface area contributed by atoms with Gasteiger partial charge in [0, 0.05) is 6.42 Å². The van der Waals surface area contributed by atoms with Crippen molar-refractivity contribution in [2.24, 2.45) is 5.92 Å². The zero-order chi connectivity index (χ0) is 15.6. The fourth-order valence-corrected chi connectivity index (χ4v) is 2.80. The quantitative estimate of drug-likeness (QED) is 0.857. The van der Waals surface area contributed by atoms with Crippen LogP contribution in [-0.2, 0) is 16.0 Å². The van der Waals surface area contributed by atoms with E-state index in [0.717, 1.165) is 17.2 Å². The lowest BCUT2D eigenvalue weighted by molar-refractivity contribution is -0.163. The summed E-state index contributed by atoms with van der Waals surface area (Å²) in [7, 11) is 0. The Hall–Kier alpha value is -1.84. The Kier molecular flexibility index (Phi) is 4.35. The Morgan fingerprint density at radius 2 is 2.14 bits per heavy atom. The van der Waals surface area contributed by atoms with Crippen molar-refractivity contribution in [1.82, 2.24) is 0 Å². The number of benzene rings is 1. The fraction of sp³-hybridized carbons (Fsp3) is 0.471. The van der Waals surface area contributed by atoms with Crippen molar-refractivity contribution in [3.05, 3.63) is 47.0 Å². The van der Waals surface area contributed by atoms with Crippen molar-refractivity contribution < 1.29 is 19.0 Å². The maximum Gasteiger partial charge on any atom is 0.334 e. The molecule has 3 nitrogen and oxygen atoms in total. The monoisotopic (exact) mass is 292 g/mol. The number of carbonyl (C=O) groups excluding carboxylic acids is 1. The van der Waals surface area contributed by atoms with Crippen LogP contribution in [0.3, 0.4) is 0 Å². The lowest BCUT2D eigenvalue weighted by Crippen LogP contribution is -2.43. The van der Waals surface area contributed by atoms with E-state index in [1.165, 1.54) is 12.1 Å². The number of carbonyl (C=O) groups is 1. The number of cyclic esters (lactones) is 1. The molecular weight excluding hydrogens is 271 g/mol. The average Bonchev–Trinajstić information content (AvgIpc) is 2.36. The highest BCUT2D eigenvalue weighted by molar-refractivity contribution is 5.83. The molecule has 114 valence electrons. The second kappa shape index (κ2) is 5.88. The fourth-order valence-electron chi connectivity index (χ4n) is 2.80. The molecule has 0 spiro atoms. The summed E-state index contributed by atoms with van der Waals surface area (Å²) in [4.78, 5) is 11.6. The van der Waals surface area contributed by atoms with Crippen molar-refractivity contribution in [3.63, 3.8) is 0 Å². The van der Waals surface area contributed by atoms with Crippen LogP contribution in [0.2, 0.25) is 0 Å². The highest BCUT2D eigenvalue weighted by Crippen LogP contribution is 2.36. The number of hydrogen-bond acceptors (Lipinski definition) is 3. The Morgan fingerprint density at radius 3 is 2.71 bits per heavy atom. The van der Waals surface area contributed by atoms with Gasteiger partial charge in [0.15, 0.2) is 0 Å². The van der Waals surface area contributed by atoms with Crippen molar-refractivity contribution in [3.8, 4) is 0 Å². The molecule has 1 atom stereocenters. The molecule has 0 amide bonds. The summed E-state index contributed by atoms with van der Waals surface area (Å²) in [6.45, 7) is 5.82. The Bertz CT molecular complexity index is 577. The highest BCUT2D eigenvalue weighted by atomic mass is 19.1. The van der Waals surface area contributed by atoms with Crippen LogP contribution in [0.5, 0.6) is 0 Å². The molecule has 4 heteroatoms. The van der Waals surface area contributed by atoms with Gasteiger partial charge in [-0.15, -0.1) is 0 Å². The van der Waals surface area contributed by atoms with Crippen molar-refractivity contribution in [2.45, 2.75) is 45.6 Å². The summed E-state index contributed by atoms with van der Waals surface area (Å²) in [6, 6.07) is 4.70. The van der Waals surface area contributed by atoms with Crippen LogP contribution in [0, 0.1) is 18.7 Å². The Balaban J connectivity index is 2.18. The van der Waals surface area contributed by atoms with Crippen molar-refractivity contribution in [2.75, 3.05) is 0 Å². The predicted octanol–water partition coefficient (Wildman–Crippen LogP) is 3.85. The summed E-state index contributed by atoms with van der Waals surface area (Å²) in [5.41, 5.74) is 1.22. The Morgan fingerprint density at radius 1 is 1.43 bits per heavy atom. The highest BCUT2D eigenvalue weighted by Gasteiger charge is 2.41. The van der Waals surface area contributed by atoms with Crippen LogP contribution >= 0.6 is 0 Å². The van der Waals surface area contributed by atoms with E-state index >= 15 is 0 Å². The van der Waals surface area contributed by atoms with Gasteiger partial charge in [0.2, 0.25) is 0 Å². The van der Waals surface area contributed by atoms with Crippen LogP contribution in [0.4, 0.5) is 4.39 Å². The van der Waals surface area contributed by atoms with Gasteiger partial charge in [-0.2, -0.15) is 0 Å². The molecule has 0 fully saturated rings. The summed E-state index contributed by atoms with van der Waals surface area (Å²) >= 11 is 0. The number of aryl methyl sites for hydroxylation is 2. The molecule has 0 aromatic heterocycles. The summed E-state index contributed by atoms with van der Waals surface area (Å²) in [6.07, 6.45) is 2.73. The van der Waals surface area contributed by atoms with Gasteiger partial charge in [0.05, 0.1) is 6.08 Å². The molecule has 1 aliphatic rings. The van der Waals surface area contributed by atoms with Gasteiger partial charge in [0.1, 0.15) is 17.2 Å². The van der Waals surface area contributed by atoms with E-state index in [2.05, 4.69) is 0 Å². The molecule has 0 unspecified atom stereocenters. The second-order valence-electron chi connectivity index (χ2n) is 6.02. The predicted molar refractivity (Wildman–Crippen MR) is 78.4 cm³/mol. The van der Waals surface area contributed by atoms with Crippen LogP contribution in [0.25, 0.3) is 0 Å². The molecule has 0 saturated carbocycles. The van der Waals surface area contributed by atoms with Crippen LogP contribution < -0.4 is 0 Å². The van der Waals surface area contributed by atoms with Gasteiger partial charge < -0.3 is 9.84 Å². The maximum atomic E-state index is 13.1. The zero-order valence-corrected chi connectivity index (χ0v) is 12.6.